The van der Waals surface area contributed by atoms with Crippen LogP contribution in [0.5, 0.6) is 0 Å². The third-order valence-electron chi connectivity index (χ3n) is 4.82. The average Bonchev–Trinajstić information content (AvgIpc) is 2.55. The molecule has 2 atom stereocenters. The lowest BCUT2D eigenvalue weighted by molar-refractivity contribution is -0.158. The Morgan fingerprint density at radius 2 is 1.86 bits per heavy atom. The van der Waals surface area contributed by atoms with Gasteiger partial charge in [0.15, 0.2) is 4.87 Å². The highest BCUT2D eigenvalue weighted by atomic mass is 35.5. The molecular formula is C15H18ClNO4S. The van der Waals surface area contributed by atoms with Crippen molar-refractivity contribution < 1.29 is 17.9 Å². The van der Waals surface area contributed by atoms with Crippen LogP contribution in [0, 0.1) is 11.8 Å². The first-order chi connectivity index (χ1) is 10.4. The third kappa shape index (κ3) is 2.25. The summed E-state index contributed by atoms with van der Waals surface area (Å²) in [5.74, 6) is -0.906. The SMILES string of the molecule is COC(=O)C1(Cl)[C@@H]2CCC[C@@H]1C2NS(=O)(=O)c1ccccc1. The first kappa shape index (κ1) is 15.8. The van der Waals surface area contributed by atoms with Crippen molar-refractivity contribution in [2.75, 3.05) is 7.11 Å². The molecule has 3 rings (SSSR count). The van der Waals surface area contributed by atoms with Crippen molar-refractivity contribution in [3.05, 3.63) is 30.3 Å². The summed E-state index contributed by atoms with van der Waals surface area (Å²) in [7, 11) is -2.30. The maximum Gasteiger partial charge on any atom is 0.327 e. The van der Waals surface area contributed by atoms with Gasteiger partial charge >= 0.3 is 5.97 Å². The number of nitrogens with one attached hydrogen (secondary N) is 1. The number of alkyl halides is 1. The lowest BCUT2D eigenvalue weighted by Gasteiger charge is -2.59. The Labute approximate surface area is 135 Å². The van der Waals surface area contributed by atoms with E-state index in [4.69, 9.17) is 16.3 Å². The van der Waals surface area contributed by atoms with Crippen molar-refractivity contribution in [1.29, 1.82) is 0 Å². The maximum absolute atomic E-state index is 12.4. The van der Waals surface area contributed by atoms with Gasteiger partial charge in [-0.15, -0.1) is 11.6 Å². The van der Waals surface area contributed by atoms with Crippen LogP contribution in [0.4, 0.5) is 0 Å². The Bertz CT molecular complexity index is 664. The predicted octanol–water partition coefficient (Wildman–Crippen LogP) is 1.91. The molecule has 0 saturated heterocycles. The van der Waals surface area contributed by atoms with Gasteiger partial charge in [-0.2, -0.15) is 0 Å². The zero-order valence-corrected chi connectivity index (χ0v) is 13.7. The van der Waals surface area contributed by atoms with Crippen LogP contribution in [-0.2, 0) is 19.6 Å². The molecule has 0 spiro atoms. The van der Waals surface area contributed by atoms with Gasteiger partial charge in [-0.3, -0.25) is 4.79 Å². The van der Waals surface area contributed by atoms with Gasteiger partial charge in [-0.1, -0.05) is 24.6 Å². The van der Waals surface area contributed by atoms with Crippen LogP contribution in [0.15, 0.2) is 35.2 Å². The molecule has 120 valence electrons. The number of fused-ring (bicyclic) bond motifs is 2. The van der Waals surface area contributed by atoms with Crippen LogP contribution in [-0.4, -0.2) is 32.4 Å². The molecule has 7 heteroatoms. The van der Waals surface area contributed by atoms with E-state index in [1.807, 2.05) is 0 Å². The zero-order valence-electron chi connectivity index (χ0n) is 12.2. The van der Waals surface area contributed by atoms with E-state index in [9.17, 15) is 13.2 Å². The monoisotopic (exact) mass is 343 g/mol. The Morgan fingerprint density at radius 3 is 2.41 bits per heavy atom. The molecule has 2 saturated carbocycles. The highest BCUT2D eigenvalue weighted by Crippen LogP contribution is 2.58. The average molecular weight is 344 g/mol. The van der Waals surface area contributed by atoms with Crippen LogP contribution in [0.25, 0.3) is 0 Å². The van der Waals surface area contributed by atoms with E-state index in [0.29, 0.717) is 0 Å². The van der Waals surface area contributed by atoms with Gasteiger partial charge in [0.05, 0.1) is 12.0 Å². The quantitative estimate of drug-likeness (QED) is 0.669. The van der Waals surface area contributed by atoms with Crippen molar-refractivity contribution in [2.45, 2.75) is 35.1 Å². The summed E-state index contributed by atoms with van der Waals surface area (Å²) in [5.41, 5.74) is 0. The molecule has 1 aromatic carbocycles. The van der Waals surface area contributed by atoms with E-state index in [0.717, 1.165) is 19.3 Å². The first-order valence-corrected chi connectivity index (χ1v) is 9.12. The molecule has 2 aliphatic rings. The maximum atomic E-state index is 12.4. The minimum atomic E-state index is -3.61. The number of carbonyl (C=O) groups excluding carboxylic acids is 1. The minimum absolute atomic E-state index is 0.221. The van der Waals surface area contributed by atoms with Gasteiger partial charge in [-0.05, 0) is 25.0 Å². The van der Waals surface area contributed by atoms with Crippen LogP contribution >= 0.6 is 11.6 Å². The number of sulfonamides is 1. The van der Waals surface area contributed by atoms with E-state index in [-0.39, 0.29) is 22.8 Å². The van der Waals surface area contributed by atoms with E-state index < -0.39 is 20.9 Å². The number of methoxy groups -OCH3 is 1. The van der Waals surface area contributed by atoms with Crippen molar-refractivity contribution >= 4 is 27.6 Å². The second-order valence-electron chi connectivity index (χ2n) is 5.86. The Morgan fingerprint density at radius 1 is 1.27 bits per heavy atom. The van der Waals surface area contributed by atoms with Crippen LogP contribution in [0.3, 0.4) is 0 Å². The molecule has 0 aromatic heterocycles. The second kappa shape index (κ2) is 5.51. The second-order valence-corrected chi connectivity index (χ2v) is 8.20. The van der Waals surface area contributed by atoms with Crippen molar-refractivity contribution in [2.24, 2.45) is 11.8 Å². The largest absolute Gasteiger partial charge is 0.468 e. The van der Waals surface area contributed by atoms with Gasteiger partial charge in [0.2, 0.25) is 10.0 Å². The molecule has 1 aromatic rings. The molecule has 0 heterocycles. The molecule has 2 aliphatic carbocycles. The number of ether oxygens (including phenoxy) is 1. The fourth-order valence-corrected chi connectivity index (χ4v) is 5.67. The number of hydrogen-bond acceptors (Lipinski definition) is 4. The van der Waals surface area contributed by atoms with Gasteiger partial charge in [-0.25, -0.2) is 13.1 Å². The predicted molar refractivity (Wildman–Crippen MR) is 82.0 cm³/mol. The lowest BCUT2D eigenvalue weighted by atomic mass is 9.53. The number of hydrogen-bond donors (Lipinski definition) is 1. The molecule has 2 bridgehead atoms. The molecule has 0 aliphatic heterocycles. The molecule has 2 fully saturated rings. The molecule has 0 unspecified atom stereocenters. The highest BCUT2D eigenvalue weighted by molar-refractivity contribution is 7.89. The molecular weight excluding hydrogens is 326 g/mol. The number of halogens is 1. The van der Waals surface area contributed by atoms with E-state index >= 15 is 0 Å². The Kier molecular flexibility index (Phi) is 3.95. The number of benzene rings is 1. The first-order valence-electron chi connectivity index (χ1n) is 7.26. The van der Waals surface area contributed by atoms with Gasteiger partial charge in [0.1, 0.15) is 0 Å². The summed E-state index contributed by atoms with van der Waals surface area (Å²) in [6.45, 7) is 0. The van der Waals surface area contributed by atoms with Gasteiger partial charge < -0.3 is 4.74 Å². The summed E-state index contributed by atoms with van der Waals surface area (Å²) in [4.78, 5) is 11.1. The third-order valence-corrected chi connectivity index (χ3v) is 7.01. The van der Waals surface area contributed by atoms with E-state index in [1.165, 1.54) is 7.11 Å². The molecule has 5 nitrogen and oxygen atoms in total. The molecule has 0 amide bonds. The Hall–Kier alpha value is -1.11. The zero-order chi connectivity index (χ0) is 16.0. The fraction of sp³-hybridized carbons (Fsp3) is 0.533. The van der Waals surface area contributed by atoms with Gasteiger partial charge in [0.25, 0.3) is 0 Å². The minimum Gasteiger partial charge on any atom is -0.468 e. The summed E-state index contributed by atoms with van der Waals surface area (Å²) in [5, 5.41) is 0. The standard InChI is InChI=1S/C15H18ClNO4S/c1-21-14(18)15(16)11-8-5-9-12(15)13(11)17-22(19,20)10-6-3-2-4-7-10/h2-4,6-7,11-13,17H,5,8-9H2,1H3/t11-,12-,13?,15?/m1/s1. The van der Waals surface area contributed by atoms with Crippen LogP contribution in [0.1, 0.15) is 19.3 Å². The fourth-order valence-electron chi connectivity index (χ4n) is 3.77. The summed E-state index contributed by atoms with van der Waals surface area (Å²) < 4.78 is 32.4. The Balaban J connectivity index is 1.82. The molecule has 1 N–H and O–H groups in total. The summed E-state index contributed by atoms with van der Waals surface area (Å²) in [6.07, 6.45) is 2.39. The van der Waals surface area contributed by atoms with Crippen LogP contribution in [0.2, 0.25) is 0 Å². The number of esters is 1. The summed E-state index contributed by atoms with van der Waals surface area (Å²) >= 11 is 6.49. The van der Waals surface area contributed by atoms with E-state index in [2.05, 4.69) is 4.72 Å². The number of carbonyl (C=O) groups is 1. The highest BCUT2D eigenvalue weighted by Gasteiger charge is 2.68. The summed E-state index contributed by atoms with van der Waals surface area (Å²) in [6, 6.07) is 7.90. The topological polar surface area (TPSA) is 72.5 Å². The smallest absolute Gasteiger partial charge is 0.327 e. The lowest BCUT2D eigenvalue weighted by Crippen LogP contribution is -2.73. The van der Waals surface area contributed by atoms with Gasteiger partial charge in [0, 0.05) is 17.9 Å². The van der Waals surface area contributed by atoms with Crippen LogP contribution < -0.4 is 4.72 Å². The van der Waals surface area contributed by atoms with E-state index in [1.54, 1.807) is 30.3 Å². The molecule has 22 heavy (non-hydrogen) atoms. The van der Waals surface area contributed by atoms with Crippen molar-refractivity contribution in [3.8, 4) is 0 Å². The van der Waals surface area contributed by atoms with Crippen molar-refractivity contribution in [3.63, 3.8) is 0 Å². The molecule has 0 radical (unpaired) electrons. The van der Waals surface area contributed by atoms with Crippen molar-refractivity contribution in [1.82, 2.24) is 4.72 Å². The number of rotatable bonds is 4. The normalized spacial score (nSPS) is 33.8.